The van der Waals surface area contributed by atoms with Crippen LogP contribution in [-0.2, 0) is 16.0 Å². The average Bonchev–Trinajstić information content (AvgIpc) is 2.12. The number of halogens is 1. The second kappa shape index (κ2) is 5.15. The van der Waals surface area contributed by atoms with Crippen LogP contribution in [0.15, 0.2) is 22.7 Å². The van der Waals surface area contributed by atoms with Crippen molar-refractivity contribution in [1.29, 1.82) is 0 Å². The lowest BCUT2D eigenvalue weighted by molar-refractivity contribution is -0.140. The van der Waals surface area contributed by atoms with Gasteiger partial charge in [0.25, 0.3) is 0 Å². The van der Waals surface area contributed by atoms with E-state index in [1.54, 1.807) is 0 Å². The summed E-state index contributed by atoms with van der Waals surface area (Å²) in [5.74, 6) is -0.164. The van der Waals surface area contributed by atoms with Gasteiger partial charge in [0.15, 0.2) is 0 Å². The number of hydrogen-bond acceptors (Lipinski definition) is 2. The lowest BCUT2D eigenvalue weighted by atomic mass is 10.1. The van der Waals surface area contributed by atoms with Crippen LogP contribution in [0, 0.1) is 6.92 Å². The average molecular weight is 257 g/mol. The van der Waals surface area contributed by atoms with Crippen LogP contribution in [0.3, 0.4) is 0 Å². The van der Waals surface area contributed by atoms with Crippen molar-refractivity contribution in [3.63, 3.8) is 0 Å². The molecule has 0 saturated carbocycles. The fraction of sp³-hybridized carbons (Fsp3) is 0.364. The minimum Gasteiger partial charge on any atom is -0.469 e. The molecule has 0 bridgehead atoms. The Labute approximate surface area is 92.4 Å². The van der Waals surface area contributed by atoms with E-state index in [1.807, 2.05) is 19.1 Å². The van der Waals surface area contributed by atoms with E-state index in [0.717, 1.165) is 16.5 Å². The zero-order chi connectivity index (χ0) is 10.6. The number of ether oxygens (including phenoxy) is 1. The Morgan fingerprint density at radius 2 is 2.14 bits per heavy atom. The Morgan fingerprint density at radius 3 is 2.71 bits per heavy atom. The van der Waals surface area contributed by atoms with Crippen molar-refractivity contribution in [3.05, 3.63) is 33.8 Å². The molecule has 0 aliphatic heterocycles. The maximum Gasteiger partial charge on any atom is 0.305 e. The number of carbonyl (C=O) groups is 1. The number of benzene rings is 1. The minimum absolute atomic E-state index is 0.164. The molecule has 0 amide bonds. The summed E-state index contributed by atoms with van der Waals surface area (Å²) in [6.45, 7) is 2.03. The Bertz CT molecular complexity index is 314. The number of carbonyl (C=O) groups excluding carboxylic acids is 1. The van der Waals surface area contributed by atoms with Crippen LogP contribution in [0.25, 0.3) is 0 Å². The summed E-state index contributed by atoms with van der Waals surface area (Å²) < 4.78 is 5.63. The molecule has 3 heteroatoms. The van der Waals surface area contributed by atoms with Gasteiger partial charge in [-0.15, -0.1) is 0 Å². The summed E-state index contributed by atoms with van der Waals surface area (Å²) >= 11 is 3.42. The lowest BCUT2D eigenvalue weighted by Gasteiger charge is -2.03. The minimum atomic E-state index is -0.164. The van der Waals surface area contributed by atoms with E-state index in [1.165, 1.54) is 12.7 Å². The Hall–Kier alpha value is -0.830. The summed E-state index contributed by atoms with van der Waals surface area (Å²) in [5.41, 5.74) is 2.35. The third kappa shape index (κ3) is 3.50. The molecule has 0 radical (unpaired) electrons. The smallest absolute Gasteiger partial charge is 0.305 e. The van der Waals surface area contributed by atoms with Crippen LogP contribution in [0.1, 0.15) is 17.5 Å². The maximum atomic E-state index is 10.9. The van der Waals surface area contributed by atoms with Crippen molar-refractivity contribution >= 4 is 21.9 Å². The van der Waals surface area contributed by atoms with E-state index in [2.05, 4.69) is 26.7 Å². The van der Waals surface area contributed by atoms with Crippen LogP contribution in [0.5, 0.6) is 0 Å². The molecule has 1 aromatic carbocycles. The number of hydrogen-bond donors (Lipinski definition) is 0. The molecular weight excluding hydrogens is 244 g/mol. The Morgan fingerprint density at radius 1 is 1.43 bits per heavy atom. The quantitative estimate of drug-likeness (QED) is 0.778. The molecule has 76 valence electrons. The van der Waals surface area contributed by atoms with E-state index < -0.39 is 0 Å². The van der Waals surface area contributed by atoms with E-state index in [-0.39, 0.29) is 5.97 Å². The highest BCUT2D eigenvalue weighted by atomic mass is 79.9. The van der Waals surface area contributed by atoms with Crippen molar-refractivity contribution in [3.8, 4) is 0 Å². The molecule has 0 aromatic heterocycles. The number of methoxy groups -OCH3 is 1. The predicted octanol–water partition coefficient (Wildman–Crippen LogP) is 2.86. The first-order valence-corrected chi connectivity index (χ1v) is 5.24. The molecule has 0 aliphatic rings. The van der Waals surface area contributed by atoms with Gasteiger partial charge in [0.2, 0.25) is 0 Å². The van der Waals surface area contributed by atoms with Crippen molar-refractivity contribution in [2.75, 3.05) is 7.11 Å². The molecule has 1 rings (SSSR count). The van der Waals surface area contributed by atoms with Gasteiger partial charge in [0, 0.05) is 10.9 Å². The summed E-state index contributed by atoms with van der Waals surface area (Å²) in [5, 5.41) is 0. The van der Waals surface area contributed by atoms with Gasteiger partial charge >= 0.3 is 5.97 Å². The molecule has 0 N–H and O–H groups in total. The molecule has 0 spiro atoms. The molecular formula is C11H13BrO2. The van der Waals surface area contributed by atoms with Gasteiger partial charge in [0.05, 0.1) is 7.11 Å². The molecule has 1 aromatic rings. The van der Waals surface area contributed by atoms with E-state index in [4.69, 9.17) is 0 Å². The predicted molar refractivity (Wildman–Crippen MR) is 59.2 cm³/mol. The topological polar surface area (TPSA) is 26.3 Å². The van der Waals surface area contributed by atoms with Gasteiger partial charge in [-0.2, -0.15) is 0 Å². The third-order valence-corrected chi connectivity index (χ3v) is 2.41. The highest BCUT2D eigenvalue weighted by Crippen LogP contribution is 2.16. The fourth-order valence-corrected chi connectivity index (χ4v) is 1.96. The first kappa shape index (κ1) is 11.2. The third-order valence-electron chi connectivity index (χ3n) is 1.95. The van der Waals surface area contributed by atoms with Crippen molar-refractivity contribution in [2.45, 2.75) is 19.8 Å². The molecule has 0 heterocycles. The first-order chi connectivity index (χ1) is 6.61. The lowest BCUT2D eigenvalue weighted by Crippen LogP contribution is -2.01. The largest absolute Gasteiger partial charge is 0.469 e. The van der Waals surface area contributed by atoms with Gasteiger partial charge in [0.1, 0.15) is 0 Å². The number of esters is 1. The van der Waals surface area contributed by atoms with Gasteiger partial charge in [-0.1, -0.05) is 22.0 Å². The summed E-state index contributed by atoms with van der Waals surface area (Å²) in [6.07, 6.45) is 1.17. The number of rotatable bonds is 3. The van der Waals surface area contributed by atoms with E-state index in [0.29, 0.717) is 6.42 Å². The van der Waals surface area contributed by atoms with Crippen LogP contribution in [0.2, 0.25) is 0 Å². The van der Waals surface area contributed by atoms with Gasteiger partial charge in [-0.05, 0) is 36.6 Å². The van der Waals surface area contributed by atoms with E-state index in [9.17, 15) is 4.79 Å². The highest BCUT2D eigenvalue weighted by molar-refractivity contribution is 9.10. The molecule has 0 atom stereocenters. The monoisotopic (exact) mass is 256 g/mol. The summed E-state index contributed by atoms with van der Waals surface area (Å²) in [7, 11) is 1.41. The second-order valence-corrected chi connectivity index (χ2v) is 4.13. The molecule has 0 aliphatic carbocycles. The van der Waals surface area contributed by atoms with Crippen molar-refractivity contribution < 1.29 is 9.53 Å². The van der Waals surface area contributed by atoms with Crippen molar-refractivity contribution in [2.24, 2.45) is 0 Å². The van der Waals surface area contributed by atoms with Gasteiger partial charge in [-0.3, -0.25) is 4.79 Å². The van der Waals surface area contributed by atoms with Gasteiger partial charge < -0.3 is 4.74 Å². The van der Waals surface area contributed by atoms with Crippen LogP contribution in [-0.4, -0.2) is 13.1 Å². The highest BCUT2D eigenvalue weighted by Gasteiger charge is 2.02. The molecule has 0 fully saturated rings. The molecule has 0 saturated heterocycles. The summed E-state index contributed by atoms with van der Waals surface area (Å²) in [4.78, 5) is 10.9. The maximum absolute atomic E-state index is 10.9. The van der Waals surface area contributed by atoms with Crippen molar-refractivity contribution in [1.82, 2.24) is 0 Å². The van der Waals surface area contributed by atoms with Gasteiger partial charge in [-0.25, -0.2) is 0 Å². The standard InChI is InChI=1S/C11H13BrO2/c1-8-5-9(7-10(12)6-8)3-4-11(13)14-2/h5-7H,3-4H2,1-2H3. The number of aryl methyl sites for hydroxylation is 2. The molecule has 14 heavy (non-hydrogen) atoms. The SMILES string of the molecule is COC(=O)CCc1cc(C)cc(Br)c1. The zero-order valence-electron chi connectivity index (χ0n) is 8.34. The van der Waals surface area contributed by atoms with Crippen LogP contribution >= 0.6 is 15.9 Å². The Kier molecular flexibility index (Phi) is 4.14. The molecule has 0 unspecified atom stereocenters. The van der Waals surface area contributed by atoms with E-state index >= 15 is 0 Å². The molecule has 2 nitrogen and oxygen atoms in total. The van der Waals surface area contributed by atoms with Crippen LogP contribution in [0.4, 0.5) is 0 Å². The normalized spacial score (nSPS) is 9.93. The fourth-order valence-electron chi connectivity index (χ4n) is 1.30. The Balaban J connectivity index is 2.63. The van der Waals surface area contributed by atoms with Crippen LogP contribution < -0.4 is 0 Å². The summed E-state index contributed by atoms with van der Waals surface area (Å²) in [6, 6.07) is 6.14. The first-order valence-electron chi connectivity index (χ1n) is 4.44. The second-order valence-electron chi connectivity index (χ2n) is 3.21. The zero-order valence-corrected chi connectivity index (χ0v) is 9.93.